The number of aliphatic hydroxyl groups is 1. The molecule has 3 aromatic rings. The van der Waals surface area contributed by atoms with Gasteiger partial charge in [-0.15, -0.1) is 5.10 Å². The summed E-state index contributed by atoms with van der Waals surface area (Å²) < 4.78 is 50.9. The first-order valence-electron chi connectivity index (χ1n) is 7.95. The van der Waals surface area contributed by atoms with E-state index >= 15 is 0 Å². The molecule has 3 rings (SSSR count). The third kappa shape index (κ3) is 4.20. The van der Waals surface area contributed by atoms with Crippen LogP contribution < -0.4 is 9.47 Å². The molecule has 6 nitrogen and oxygen atoms in total. The van der Waals surface area contributed by atoms with Crippen molar-refractivity contribution in [1.29, 1.82) is 0 Å². The number of hydrogen-bond donors (Lipinski definition) is 1. The van der Waals surface area contributed by atoms with E-state index in [1.165, 1.54) is 7.11 Å². The number of alkyl halides is 3. The zero-order chi connectivity index (χ0) is 19.4. The van der Waals surface area contributed by atoms with Gasteiger partial charge in [0.2, 0.25) is 0 Å². The van der Waals surface area contributed by atoms with Gasteiger partial charge in [0.1, 0.15) is 18.1 Å². The largest absolute Gasteiger partial charge is 0.497 e. The zero-order valence-electron chi connectivity index (χ0n) is 14.3. The molecule has 0 bridgehead atoms. The Bertz CT molecular complexity index is 891. The third-order valence-electron chi connectivity index (χ3n) is 3.65. The van der Waals surface area contributed by atoms with Crippen molar-refractivity contribution in [3.8, 4) is 28.6 Å². The molecular weight excluding hydrogens is 363 g/mol. The van der Waals surface area contributed by atoms with E-state index in [2.05, 4.69) is 10.1 Å². The summed E-state index contributed by atoms with van der Waals surface area (Å²) in [7, 11) is 1.50. The Hall–Kier alpha value is -3.07. The molecule has 0 aliphatic carbocycles. The van der Waals surface area contributed by atoms with E-state index in [-0.39, 0.29) is 19.0 Å². The van der Waals surface area contributed by atoms with E-state index < -0.39 is 12.0 Å². The molecule has 0 amide bonds. The van der Waals surface area contributed by atoms with Crippen LogP contribution in [0.2, 0.25) is 0 Å². The van der Waals surface area contributed by atoms with Crippen molar-refractivity contribution in [3.05, 3.63) is 54.4 Å². The molecule has 9 heteroatoms. The minimum absolute atomic E-state index is 0.0428. The quantitative estimate of drug-likeness (QED) is 0.712. The second kappa shape index (κ2) is 7.67. The molecule has 0 radical (unpaired) electrons. The molecule has 142 valence electrons. The first-order chi connectivity index (χ1) is 12.9. The fraction of sp³-hybridized carbons (Fsp3) is 0.222. The molecule has 0 fully saturated rings. The average molecular weight is 379 g/mol. The molecule has 27 heavy (non-hydrogen) atoms. The van der Waals surface area contributed by atoms with Crippen LogP contribution in [0.25, 0.3) is 17.1 Å². The van der Waals surface area contributed by atoms with Gasteiger partial charge in [-0.1, -0.05) is 0 Å². The van der Waals surface area contributed by atoms with Gasteiger partial charge >= 0.3 is 6.18 Å². The van der Waals surface area contributed by atoms with E-state index in [0.717, 1.165) is 4.68 Å². The van der Waals surface area contributed by atoms with Gasteiger partial charge in [-0.05, 0) is 48.5 Å². The number of rotatable bonds is 6. The monoisotopic (exact) mass is 379 g/mol. The van der Waals surface area contributed by atoms with Crippen molar-refractivity contribution < 1.29 is 27.8 Å². The number of hydrogen-bond acceptors (Lipinski definition) is 5. The Kier molecular flexibility index (Phi) is 5.31. The van der Waals surface area contributed by atoms with Gasteiger partial charge in [-0.2, -0.15) is 13.2 Å². The van der Waals surface area contributed by atoms with E-state index in [4.69, 9.17) is 14.6 Å². The van der Waals surface area contributed by atoms with Crippen LogP contribution in [0.5, 0.6) is 11.5 Å². The van der Waals surface area contributed by atoms with Crippen LogP contribution in [-0.4, -0.2) is 40.2 Å². The molecule has 0 saturated heterocycles. The van der Waals surface area contributed by atoms with Crippen LogP contribution in [0.4, 0.5) is 13.2 Å². The minimum atomic E-state index is -4.67. The third-order valence-corrected chi connectivity index (χ3v) is 3.65. The molecular formula is C18H16F3N3O3. The van der Waals surface area contributed by atoms with Crippen molar-refractivity contribution in [2.75, 3.05) is 20.3 Å². The lowest BCUT2D eigenvalue weighted by atomic mass is 10.2. The van der Waals surface area contributed by atoms with Crippen molar-refractivity contribution >= 4 is 0 Å². The highest BCUT2D eigenvalue weighted by Gasteiger charge is 2.37. The maximum Gasteiger partial charge on any atom is 0.453 e. The van der Waals surface area contributed by atoms with Crippen molar-refractivity contribution in [1.82, 2.24) is 14.8 Å². The van der Waals surface area contributed by atoms with Crippen LogP contribution in [0.1, 0.15) is 5.82 Å². The maximum absolute atomic E-state index is 13.1. The summed E-state index contributed by atoms with van der Waals surface area (Å²) in [6.45, 7) is -0.0118. The highest BCUT2D eigenvalue weighted by molar-refractivity contribution is 5.59. The first kappa shape index (κ1) is 18.7. The minimum Gasteiger partial charge on any atom is -0.497 e. The van der Waals surface area contributed by atoms with Gasteiger partial charge in [0.15, 0.2) is 5.82 Å². The SMILES string of the molecule is COc1ccc(-n2nc(C(F)(F)F)nc2-c2ccc(OCCO)cc2)cc1. The number of aromatic nitrogens is 3. The van der Waals surface area contributed by atoms with E-state index in [1.54, 1.807) is 48.5 Å². The van der Waals surface area contributed by atoms with E-state index in [0.29, 0.717) is 22.7 Å². The lowest BCUT2D eigenvalue weighted by molar-refractivity contribution is -0.144. The van der Waals surface area contributed by atoms with Crippen molar-refractivity contribution in [2.45, 2.75) is 6.18 Å². The van der Waals surface area contributed by atoms with Gasteiger partial charge < -0.3 is 14.6 Å². The Balaban J connectivity index is 2.03. The van der Waals surface area contributed by atoms with Gasteiger partial charge in [0, 0.05) is 5.56 Å². The van der Waals surface area contributed by atoms with Gasteiger partial charge in [0.05, 0.1) is 19.4 Å². The number of aliphatic hydroxyl groups excluding tert-OH is 1. The summed E-state index contributed by atoms with van der Waals surface area (Å²) in [5, 5.41) is 12.4. The molecule has 1 aromatic heterocycles. The Morgan fingerprint density at radius 2 is 1.63 bits per heavy atom. The molecule has 0 aliphatic heterocycles. The second-order valence-corrected chi connectivity index (χ2v) is 5.46. The first-order valence-corrected chi connectivity index (χ1v) is 7.95. The molecule has 0 saturated carbocycles. The topological polar surface area (TPSA) is 69.4 Å². The van der Waals surface area contributed by atoms with Gasteiger partial charge in [-0.25, -0.2) is 9.67 Å². The van der Waals surface area contributed by atoms with Crippen LogP contribution in [-0.2, 0) is 6.18 Å². The Morgan fingerprint density at radius 3 is 2.19 bits per heavy atom. The Morgan fingerprint density at radius 1 is 1.00 bits per heavy atom. The number of benzene rings is 2. The summed E-state index contributed by atoms with van der Waals surface area (Å²) in [6.07, 6.45) is -4.67. The molecule has 0 atom stereocenters. The summed E-state index contributed by atoms with van der Waals surface area (Å²) in [5.74, 6) is -0.128. The van der Waals surface area contributed by atoms with E-state index in [9.17, 15) is 13.2 Å². The lowest BCUT2D eigenvalue weighted by Gasteiger charge is -2.08. The molecule has 1 heterocycles. The average Bonchev–Trinajstić information content (AvgIpc) is 3.13. The number of halogens is 3. The molecule has 0 aliphatic rings. The number of ether oxygens (including phenoxy) is 2. The fourth-order valence-electron chi connectivity index (χ4n) is 2.39. The van der Waals surface area contributed by atoms with Gasteiger partial charge in [-0.3, -0.25) is 0 Å². The van der Waals surface area contributed by atoms with Crippen LogP contribution in [0.15, 0.2) is 48.5 Å². The highest BCUT2D eigenvalue weighted by atomic mass is 19.4. The zero-order valence-corrected chi connectivity index (χ0v) is 14.3. The second-order valence-electron chi connectivity index (χ2n) is 5.46. The van der Waals surface area contributed by atoms with E-state index in [1.807, 2.05) is 0 Å². The van der Waals surface area contributed by atoms with Crippen LogP contribution in [0.3, 0.4) is 0 Å². The normalized spacial score (nSPS) is 11.4. The summed E-state index contributed by atoms with van der Waals surface area (Å²) in [4.78, 5) is 3.68. The predicted molar refractivity (Wildman–Crippen MR) is 90.9 cm³/mol. The standard InChI is InChI=1S/C18H16F3N3O3/c1-26-14-8-4-13(5-9-14)24-16(22-17(23-24)18(19,20)21)12-2-6-15(7-3-12)27-11-10-25/h2-9,25H,10-11H2,1H3. The van der Waals surface area contributed by atoms with Crippen LogP contribution >= 0.6 is 0 Å². The lowest BCUT2D eigenvalue weighted by Crippen LogP contribution is -2.08. The highest BCUT2D eigenvalue weighted by Crippen LogP contribution is 2.31. The molecule has 2 aromatic carbocycles. The predicted octanol–water partition coefficient (Wildman–Crippen LogP) is 3.33. The number of methoxy groups -OCH3 is 1. The smallest absolute Gasteiger partial charge is 0.453 e. The van der Waals surface area contributed by atoms with Crippen LogP contribution in [0, 0.1) is 0 Å². The Labute approximate surface area is 152 Å². The number of nitrogens with zero attached hydrogens (tertiary/aromatic N) is 3. The van der Waals surface area contributed by atoms with Gasteiger partial charge in [0.25, 0.3) is 5.82 Å². The fourth-order valence-corrected chi connectivity index (χ4v) is 2.39. The molecule has 0 unspecified atom stereocenters. The summed E-state index contributed by atoms with van der Waals surface area (Å²) in [6, 6.07) is 12.8. The van der Waals surface area contributed by atoms with Crippen molar-refractivity contribution in [3.63, 3.8) is 0 Å². The summed E-state index contributed by atoms with van der Waals surface area (Å²) >= 11 is 0. The molecule has 0 spiro atoms. The maximum atomic E-state index is 13.1. The van der Waals surface area contributed by atoms with Crippen molar-refractivity contribution in [2.24, 2.45) is 0 Å². The summed E-state index contributed by atoms with van der Waals surface area (Å²) in [5.41, 5.74) is 0.847. The molecule has 1 N–H and O–H groups in total.